The number of Topliss-reactive ketones (excluding diaryl/α,β-unsaturated/α-hetero) is 1. The van der Waals surface area contributed by atoms with Gasteiger partial charge in [-0.05, 0) is 32.8 Å². The van der Waals surface area contributed by atoms with E-state index >= 15 is 0 Å². The van der Waals surface area contributed by atoms with Crippen molar-refractivity contribution in [1.82, 2.24) is 9.78 Å². The third-order valence-electron chi connectivity index (χ3n) is 3.97. The maximum atomic E-state index is 12.2. The molecule has 0 bridgehead atoms. The SMILES string of the molecule is Cc1nn(C)c(C)c1CCC(=O)OC(C)C(=O)c1ccccc1. The van der Waals surface area contributed by atoms with Gasteiger partial charge >= 0.3 is 5.97 Å². The summed E-state index contributed by atoms with van der Waals surface area (Å²) in [5, 5.41) is 4.33. The topological polar surface area (TPSA) is 61.2 Å². The minimum atomic E-state index is -0.777. The molecule has 0 radical (unpaired) electrons. The van der Waals surface area contributed by atoms with E-state index in [9.17, 15) is 9.59 Å². The van der Waals surface area contributed by atoms with Crippen molar-refractivity contribution in [3.8, 4) is 0 Å². The van der Waals surface area contributed by atoms with Crippen LogP contribution >= 0.6 is 0 Å². The van der Waals surface area contributed by atoms with Gasteiger partial charge in [0.2, 0.25) is 5.78 Å². The van der Waals surface area contributed by atoms with Gasteiger partial charge in [-0.1, -0.05) is 30.3 Å². The molecule has 1 heterocycles. The maximum Gasteiger partial charge on any atom is 0.306 e. The van der Waals surface area contributed by atoms with Crippen LogP contribution in [0.5, 0.6) is 0 Å². The van der Waals surface area contributed by atoms with Crippen LogP contribution in [0.2, 0.25) is 0 Å². The second-order valence-electron chi connectivity index (χ2n) is 5.64. The van der Waals surface area contributed by atoms with E-state index in [1.807, 2.05) is 27.0 Å². The molecule has 0 aliphatic carbocycles. The number of ether oxygens (including phenoxy) is 1. The molecule has 0 saturated heterocycles. The fourth-order valence-electron chi connectivity index (χ4n) is 2.55. The standard InChI is InChI=1S/C18H22N2O3/c1-12-16(13(2)20(4)19-12)10-11-17(21)23-14(3)18(22)15-8-6-5-7-9-15/h5-9,14H,10-11H2,1-4H3. The van der Waals surface area contributed by atoms with E-state index in [4.69, 9.17) is 4.74 Å². The second kappa shape index (κ2) is 7.22. The summed E-state index contributed by atoms with van der Waals surface area (Å²) in [6.07, 6.45) is 0.0251. The molecule has 0 N–H and O–H groups in total. The molecular formula is C18H22N2O3. The number of ketones is 1. The fraction of sp³-hybridized carbons (Fsp3) is 0.389. The number of benzene rings is 1. The highest BCUT2D eigenvalue weighted by Gasteiger charge is 2.20. The molecule has 0 aliphatic heterocycles. The molecule has 0 spiro atoms. The lowest BCUT2D eigenvalue weighted by atomic mass is 10.1. The van der Waals surface area contributed by atoms with Crippen LogP contribution < -0.4 is 0 Å². The summed E-state index contributed by atoms with van der Waals surface area (Å²) in [6.45, 7) is 5.51. The van der Waals surface area contributed by atoms with E-state index in [2.05, 4.69) is 5.10 Å². The molecular weight excluding hydrogens is 292 g/mol. The number of nitrogens with zero attached hydrogens (tertiary/aromatic N) is 2. The summed E-state index contributed by atoms with van der Waals surface area (Å²) in [6, 6.07) is 8.85. The van der Waals surface area contributed by atoms with Crippen LogP contribution in [0.4, 0.5) is 0 Å². The van der Waals surface area contributed by atoms with Crippen molar-refractivity contribution < 1.29 is 14.3 Å². The number of hydrogen-bond donors (Lipinski definition) is 0. The van der Waals surface area contributed by atoms with E-state index in [0.29, 0.717) is 12.0 Å². The Morgan fingerprint density at radius 3 is 2.43 bits per heavy atom. The zero-order valence-corrected chi connectivity index (χ0v) is 14.0. The van der Waals surface area contributed by atoms with Gasteiger partial charge < -0.3 is 4.74 Å². The average Bonchev–Trinajstić information content (AvgIpc) is 2.78. The lowest BCUT2D eigenvalue weighted by molar-refractivity contribution is -0.146. The first-order chi connectivity index (χ1) is 10.9. The fourth-order valence-corrected chi connectivity index (χ4v) is 2.55. The number of aryl methyl sites for hydroxylation is 2. The molecule has 1 atom stereocenters. The minimum absolute atomic E-state index is 0.187. The van der Waals surface area contributed by atoms with Gasteiger partial charge in [0, 0.05) is 24.7 Å². The smallest absolute Gasteiger partial charge is 0.306 e. The lowest BCUT2D eigenvalue weighted by Crippen LogP contribution is -2.24. The zero-order chi connectivity index (χ0) is 17.0. The maximum absolute atomic E-state index is 12.2. The first-order valence-corrected chi connectivity index (χ1v) is 7.68. The Labute approximate surface area is 136 Å². The zero-order valence-electron chi connectivity index (χ0n) is 14.0. The molecule has 0 saturated carbocycles. The largest absolute Gasteiger partial charge is 0.454 e. The van der Waals surface area contributed by atoms with Gasteiger partial charge in [-0.25, -0.2) is 0 Å². The highest BCUT2D eigenvalue weighted by molar-refractivity contribution is 6.00. The van der Waals surface area contributed by atoms with Crippen molar-refractivity contribution in [3.63, 3.8) is 0 Å². The molecule has 2 rings (SSSR count). The molecule has 1 aromatic heterocycles. The van der Waals surface area contributed by atoms with Crippen molar-refractivity contribution in [3.05, 3.63) is 52.8 Å². The normalized spacial score (nSPS) is 12.0. The molecule has 0 fully saturated rings. The number of hydrogen-bond acceptors (Lipinski definition) is 4. The monoisotopic (exact) mass is 314 g/mol. The second-order valence-corrected chi connectivity index (χ2v) is 5.64. The Balaban J connectivity index is 1.91. The summed E-state index contributed by atoms with van der Waals surface area (Å²) in [7, 11) is 1.88. The van der Waals surface area contributed by atoms with E-state index in [0.717, 1.165) is 17.0 Å². The van der Waals surface area contributed by atoms with Crippen molar-refractivity contribution in [2.24, 2.45) is 7.05 Å². The van der Waals surface area contributed by atoms with Gasteiger partial charge in [0.05, 0.1) is 5.69 Å². The average molecular weight is 314 g/mol. The van der Waals surface area contributed by atoms with E-state index in [1.165, 1.54) is 0 Å². The number of carbonyl (C=O) groups excluding carboxylic acids is 2. The molecule has 2 aromatic rings. The van der Waals surface area contributed by atoms with Crippen LogP contribution in [0.15, 0.2) is 30.3 Å². The Hall–Kier alpha value is -2.43. The van der Waals surface area contributed by atoms with Crippen LogP contribution in [0, 0.1) is 13.8 Å². The van der Waals surface area contributed by atoms with E-state index in [-0.39, 0.29) is 18.2 Å². The summed E-state index contributed by atoms with van der Waals surface area (Å²) in [5.41, 5.74) is 3.58. The van der Waals surface area contributed by atoms with Crippen molar-refractivity contribution in [1.29, 1.82) is 0 Å². The summed E-state index contributed by atoms with van der Waals surface area (Å²) in [4.78, 5) is 24.2. The molecule has 122 valence electrons. The third kappa shape index (κ3) is 4.06. The van der Waals surface area contributed by atoms with Gasteiger partial charge in [-0.3, -0.25) is 14.3 Å². The Morgan fingerprint density at radius 2 is 1.87 bits per heavy atom. The van der Waals surface area contributed by atoms with Crippen LogP contribution in [0.25, 0.3) is 0 Å². The quantitative estimate of drug-likeness (QED) is 0.607. The third-order valence-corrected chi connectivity index (χ3v) is 3.97. The lowest BCUT2D eigenvalue weighted by Gasteiger charge is -2.12. The molecule has 0 amide bonds. The number of carbonyl (C=O) groups is 2. The van der Waals surface area contributed by atoms with Crippen molar-refractivity contribution >= 4 is 11.8 Å². The highest BCUT2D eigenvalue weighted by atomic mass is 16.5. The van der Waals surface area contributed by atoms with Gasteiger partial charge in [-0.2, -0.15) is 5.10 Å². The van der Waals surface area contributed by atoms with E-state index < -0.39 is 6.10 Å². The van der Waals surface area contributed by atoms with Gasteiger partial charge in [-0.15, -0.1) is 0 Å². The number of rotatable bonds is 6. The van der Waals surface area contributed by atoms with Crippen molar-refractivity contribution in [2.75, 3.05) is 0 Å². The van der Waals surface area contributed by atoms with Crippen molar-refractivity contribution in [2.45, 2.75) is 39.7 Å². The molecule has 1 unspecified atom stereocenters. The van der Waals surface area contributed by atoms with Crippen LogP contribution in [-0.4, -0.2) is 27.6 Å². The predicted octanol–water partition coefficient (Wildman–Crippen LogP) is 2.78. The van der Waals surface area contributed by atoms with E-state index in [1.54, 1.807) is 35.9 Å². The van der Waals surface area contributed by atoms with Crippen LogP contribution in [-0.2, 0) is 23.0 Å². The van der Waals surface area contributed by atoms with Crippen LogP contribution in [0.1, 0.15) is 40.7 Å². The number of esters is 1. The molecule has 23 heavy (non-hydrogen) atoms. The first kappa shape index (κ1) is 16.9. The van der Waals surface area contributed by atoms with Crippen LogP contribution in [0.3, 0.4) is 0 Å². The molecule has 5 nitrogen and oxygen atoms in total. The minimum Gasteiger partial charge on any atom is -0.454 e. The summed E-state index contributed by atoms with van der Waals surface area (Å²) < 4.78 is 7.06. The summed E-state index contributed by atoms with van der Waals surface area (Å²) in [5.74, 6) is -0.558. The molecule has 5 heteroatoms. The Morgan fingerprint density at radius 1 is 1.22 bits per heavy atom. The van der Waals surface area contributed by atoms with Gasteiger partial charge in [0.25, 0.3) is 0 Å². The number of aromatic nitrogens is 2. The Bertz CT molecular complexity index is 705. The molecule has 0 aliphatic rings. The molecule has 1 aromatic carbocycles. The Kier molecular flexibility index (Phi) is 5.32. The van der Waals surface area contributed by atoms with Gasteiger partial charge in [0.15, 0.2) is 6.10 Å². The highest BCUT2D eigenvalue weighted by Crippen LogP contribution is 2.15. The predicted molar refractivity (Wildman–Crippen MR) is 87.3 cm³/mol. The van der Waals surface area contributed by atoms with Gasteiger partial charge in [0.1, 0.15) is 0 Å². The first-order valence-electron chi connectivity index (χ1n) is 7.68. The summed E-state index contributed by atoms with van der Waals surface area (Å²) >= 11 is 0.